The van der Waals surface area contributed by atoms with E-state index in [9.17, 15) is 19.5 Å². The number of hydrogen-bond acceptors (Lipinski definition) is 7. The lowest BCUT2D eigenvalue weighted by molar-refractivity contribution is 0.100. The predicted molar refractivity (Wildman–Crippen MR) is 188 cm³/mol. The van der Waals surface area contributed by atoms with Crippen LogP contribution in [0.5, 0.6) is 0 Å². The van der Waals surface area contributed by atoms with Crippen molar-refractivity contribution in [1.82, 2.24) is 23.9 Å². The maximum Gasteiger partial charge on any atom is 0.291 e. The van der Waals surface area contributed by atoms with E-state index in [-0.39, 0.29) is 22.9 Å². The molecule has 4 aromatic rings. The Morgan fingerprint density at radius 1 is 0.979 bits per heavy atom. The first-order chi connectivity index (χ1) is 23.0. The van der Waals surface area contributed by atoms with Gasteiger partial charge in [-0.05, 0) is 74.7 Å². The number of aliphatic hydroxyl groups excluding tert-OH is 1. The van der Waals surface area contributed by atoms with Crippen LogP contribution in [0.4, 0.5) is 11.4 Å². The summed E-state index contributed by atoms with van der Waals surface area (Å²) in [5.41, 5.74) is 5.70. The van der Waals surface area contributed by atoms with Gasteiger partial charge in [-0.2, -0.15) is 0 Å². The molecule has 0 spiro atoms. The molecule has 252 valence electrons. The summed E-state index contributed by atoms with van der Waals surface area (Å²) in [7, 11) is 3.51. The summed E-state index contributed by atoms with van der Waals surface area (Å²) in [5.74, 6) is -0.561. The molecular formula is C36H42ClN7O4. The van der Waals surface area contributed by atoms with E-state index in [0.29, 0.717) is 41.6 Å². The molecule has 3 N–H and O–H groups in total. The van der Waals surface area contributed by atoms with Gasteiger partial charge < -0.3 is 24.9 Å². The van der Waals surface area contributed by atoms with Crippen LogP contribution in [0.2, 0.25) is 5.02 Å². The first kappa shape index (κ1) is 33.6. The molecule has 1 fully saturated rings. The lowest BCUT2D eigenvalue weighted by Gasteiger charge is -2.27. The monoisotopic (exact) mass is 671 g/mol. The van der Waals surface area contributed by atoms with Crippen molar-refractivity contribution in [1.29, 1.82) is 0 Å². The quantitative estimate of drug-likeness (QED) is 0.238. The number of rotatable bonds is 9. The van der Waals surface area contributed by atoms with Gasteiger partial charge in [-0.3, -0.25) is 24.2 Å². The van der Waals surface area contributed by atoms with Crippen molar-refractivity contribution in [3.05, 3.63) is 97.9 Å². The summed E-state index contributed by atoms with van der Waals surface area (Å²) < 4.78 is 3.30. The van der Waals surface area contributed by atoms with Crippen LogP contribution >= 0.6 is 11.6 Å². The summed E-state index contributed by atoms with van der Waals surface area (Å²) in [6, 6.07) is 12.6. The number of pyridine rings is 1. The summed E-state index contributed by atoms with van der Waals surface area (Å²) in [6.45, 7) is 8.27. The Balaban J connectivity index is 1.21. The number of nitrogens with zero attached hydrogens (tertiary/aromatic N) is 5. The minimum absolute atomic E-state index is 0.0911. The first-order valence-electron chi connectivity index (χ1n) is 16.4. The Labute approximate surface area is 285 Å². The van der Waals surface area contributed by atoms with Gasteiger partial charge >= 0.3 is 0 Å². The number of anilines is 2. The highest BCUT2D eigenvalue weighted by Crippen LogP contribution is 2.37. The van der Waals surface area contributed by atoms with Gasteiger partial charge in [0.05, 0.1) is 22.5 Å². The van der Waals surface area contributed by atoms with E-state index in [2.05, 4.69) is 25.4 Å². The van der Waals surface area contributed by atoms with Gasteiger partial charge in [0.25, 0.3) is 17.4 Å². The summed E-state index contributed by atoms with van der Waals surface area (Å²) in [5, 5.41) is 16.0. The average molecular weight is 672 g/mol. The standard InChI is InChI=1S/C36H42ClN7O4/c1-22(45)18-44-16-13-31-30(21-44)38-33(42(31)4)35(47)40-29-12-8-10-26(32(29)37)25-9-7-11-28(23(25)2)39-34(46)27-17-24(19-41(3)36(27)48)20-43-14-5-6-15-43/h7-12,17,19,22,45H,5-6,13-16,18,20-21H2,1-4H3,(H,39,46)(H,40,47)/t22-/m0/s1. The predicted octanol–water partition coefficient (Wildman–Crippen LogP) is 4.59. The van der Waals surface area contributed by atoms with Crippen molar-refractivity contribution in [2.45, 2.75) is 52.3 Å². The van der Waals surface area contributed by atoms with E-state index in [1.165, 1.54) is 4.57 Å². The molecule has 0 bridgehead atoms. The van der Waals surface area contributed by atoms with Crippen molar-refractivity contribution >= 4 is 34.8 Å². The molecule has 4 heterocycles. The second-order valence-electron chi connectivity index (χ2n) is 12.9. The van der Waals surface area contributed by atoms with Crippen LogP contribution in [0.3, 0.4) is 0 Å². The topological polar surface area (TPSA) is 125 Å². The Kier molecular flexibility index (Phi) is 9.84. The molecule has 2 amide bonds. The van der Waals surface area contributed by atoms with Crippen molar-refractivity contribution in [2.24, 2.45) is 14.1 Å². The SMILES string of the molecule is Cc1c(NC(=O)c2cc(CN3CCCC3)cn(C)c2=O)cccc1-c1cccc(NC(=O)c2nc3c(n2C)CCN(C[C@H](C)O)C3)c1Cl. The third-order valence-corrected chi connectivity index (χ3v) is 9.68. The van der Waals surface area contributed by atoms with E-state index in [1.807, 2.05) is 42.8 Å². The van der Waals surface area contributed by atoms with Crippen molar-refractivity contribution in [3.8, 4) is 11.1 Å². The second kappa shape index (κ2) is 14.1. The fourth-order valence-corrected chi connectivity index (χ4v) is 7.09. The number of benzene rings is 2. The number of aromatic nitrogens is 3. The maximum absolute atomic E-state index is 13.5. The van der Waals surface area contributed by atoms with Crippen LogP contribution in [0.25, 0.3) is 11.1 Å². The number of aliphatic hydroxyl groups is 1. The van der Waals surface area contributed by atoms with Crippen molar-refractivity contribution < 1.29 is 14.7 Å². The molecule has 2 aliphatic heterocycles. The zero-order valence-electron chi connectivity index (χ0n) is 27.8. The molecule has 2 aromatic carbocycles. The van der Waals surface area contributed by atoms with Crippen LogP contribution in [0, 0.1) is 6.92 Å². The molecule has 1 atom stereocenters. The minimum Gasteiger partial charge on any atom is -0.392 e. The molecule has 0 aliphatic carbocycles. The van der Waals surface area contributed by atoms with Gasteiger partial charge in [0.15, 0.2) is 5.82 Å². The minimum atomic E-state index is -0.474. The Bertz CT molecular complexity index is 1930. The number of amides is 2. The number of β-amino-alcohol motifs (C(OH)–C–C–N with tert-alkyl or cyclic N) is 1. The molecular weight excluding hydrogens is 630 g/mol. The zero-order valence-corrected chi connectivity index (χ0v) is 28.6. The van der Waals surface area contributed by atoms with E-state index < -0.39 is 12.0 Å². The molecule has 6 rings (SSSR count). The summed E-state index contributed by atoms with van der Waals surface area (Å²) >= 11 is 6.93. The molecule has 12 heteroatoms. The zero-order chi connectivity index (χ0) is 34.1. The highest BCUT2D eigenvalue weighted by atomic mass is 35.5. The number of nitrogens with one attached hydrogen (secondary N) is 2. The van der Waals surface area contributed by atoms with E-state index in [1.54, 1.807) is 38.4 Å². The highest BCUT2D eigenvalue weighted by Gasteiger charge is 2.26. The molecule has 0 saturated carbocycles. The normalized spacial score (nSPS) is 15.7. The molecule has 0 radical (unpaired) electrons. The lowest BCUT2D eigenvalue weighted by atomic mass is 9.98. The van der Waals surface area contributed by atoms with Crippen LogP contribution < -0.4 is 16.2 Å². The number of likely N-dealkylation sites (tertiary alicyclic amines) is 1. The fourth-order valence-electron chi connectivity index (χ4n) is 6.81. The van der Waals surface area contributed by atoms with Crippen LogP contribution in [-0.2, 0) is 33.6 Å². The van der Waals surface area contributed by atoms with E-state index >= 15 is 0 Å². The number of carbonyl (C=O) groups excluding carboxylic acids is 2. The van der Waals surface area contributed by atoms with E-state index in [0.717, 1.165) is 67.0 Å². The van der Waals surface area contributed by atoms with Crippen LogP contribution in [0.15, 0.2) is 53.5 Å². The van der Waals surface area contributed by atoms with Crippen LogP contribution in [0.1, 0.15) is 63.3 Å². The summed E-state index contributed by atoms with van der Waals surface area (Å²) in [4.78, 5) is 49.1. The first-order valence-corrected chi connectivity index (χ1v) is 16.8. The van der Waals surface area contributed by atoms with Gasteiger partial charge in [-0.15, -0.1) is 0 Å². The van der Waals surface area contributed by atoms with Gasteiger partial charge in [0, 0.05) is 69.8 Å². The number of hydrogen-bond donors (Lipinski definition) is 3. The largest absolute Gasteiger partial charge is 0.392 e. The van der Waals surface area contributed by atoms with Gasteiger partial charge in [0.1, 0.15) is 5.56 Å². The molecule has 48 heavy (non-hydrogen) atoms. The van der Waals surface area contributed by atoms with Gasteiger partial charge in [-0.25, -0.2) is 4.98 Å². The molecule has 0 unspecified atom stereocenters. The Morgan fingerprint density at radius 3 is 2.40 bits per heavy atom. The molecule has 11 nitrogen and oxygen atoms in total. The highest BCUT2D eigenvalue weighted by molar-refractivity contribution is 6.36. The molecule has 1 saturated heterocycles. The second-order valence-corrected chi connectivity index (χ2v) is 13.3. The Hall–Kier alpha value is -4.29. The van der Waals surface area contributed by atoms with Crippen molar-refractivity contribution in [3.63, 3.8) is 0 Å². The smallest absolute Gasteiger partial charge is 0.291 e. The average Bonchev–Trinajstić information content (AvgIpc) is 3.68. The summed E-state index contributed by atoms with van der Waals surface area (Å²) in [6.07, 6.45) is 4.41. The maximum atomic E-state index is 13.5. The molecule has 2 aliphatic rings. The number of aryl methyl sites for hydroxylation is 1. The third-order valence-electron chi connectivity index (χ3n) is 9.27. The number of fused-ring (bicyclic) bond motifs is 1. The molecule has 2 aromatic heterocycles. The lowest BCUT2D eigenvalue weighted by Crippen LogP contribution is -2.36. The number of imidazole rings is 1. The fraction of sp³-hybridized carbons (Fsp3) is 0.389. The van der Waals surface area contributed by atoms with E-state index in [4.69, 9.17) is 11.6 Å². The van der Waals surface area contributed by atoms with Gasteiger partial charge in [-0.1, -0.05) is 35.9 Å². The van der Waals surface area contributed by atoms with Crippen LogP contribution in [-0.4, -0.2) is 73.1 Å². The van der Waals surface area contributed by atoms with Crippen molar-refractivity contribution in [2.75, 3.05) is 36.8 Å². The number of carbonyl (C=O) groups is 2. The van der Waals surface area contributed by atoms with Gasteiger partial charge in [0.2, 0.25) is 0 Å². The third kappa shape index (κ3) is 6.95. The Morgan fingerprint density at radius 2 is 1.67 bits per heavy atom. The number of halogens is 1.